The number of thioether (sulfide) groups is 1. The lowest BCUT2D eigenvalue weighted by atomic mass is 9.71. The van der Waals surface area contributed by atoms with Crippen LogP contribution in [0.4, 0.5) is 0 Å². The maximum atomic E-state index is 3.71. The molecular formula is C12H24ClNS. The van der Waals surface area contributed by atoms with Crippen molar-refractivity contribution in [1.82, 2.24) is 5.32 Å². The highest BCUT2D eigenvalue weighted by molar-refractivity contribution is 8.00. The Bertz CT molecular complexity index is 196. The molecule has 1 N–H and O–H groups in total. The third-order valence-corrected chi connectivity index (χ3v) is 5.46. The van der Waals surface area contributed by atoms with Gasteiger partial charge in [0.1, 0.15) is 0 Å². The largest absolute Gasteiger partial charge is 0.302 e. The fraction of sp³-hybridized carbons (Fsp3) is 1.00. The van der Waals surface area contributed by atoms with Crippen LogP contribution in [0.15, 0.2) is 0 Å². The summed E-state index contributed by atoms with van der Waals surface area (Å²) < 4.78 is 0. The zero-order valence-electron chi connectivity index (χ0n) is 10.1. The van der Waals surface area contributed by atoms with Gasteiger partial charge < -0.3 is 5.32 Å². The van der Waals surface area contributed by atoms with Crippen molar-refractivity contribution in [2.24, 2.45) is 11.3 Å². The number of hydrogen-bond acceptors (Lipinski definition) is 2. The smallest absolute Gasteiger partial charge is 0.0646 e. The lowest BCUT2D eigenvalue weighted by Crippen LogP contribution is -2.42. The van der Waals surface area contributed by atoms with Gasteiger partial charge in [0.05, 0.1) is 4.87 Å². The van der Waals surface area contributed by atoms with Gasteiger partial charge in [-0.05, 0) is 37.0 Å². The van der Waals surface area contributed by atoms with Gasteiger partial charge >= 0.3 is 0 Å². The molecule has 1 nitrogen and oxygen atoms in total. The van der Waals surface area contributed by atoms with Crippen LogP contribution in [0.1, 0.15) is 46.5 Å². The quantitative estimate of drug-likeness (QED) is 0.703. The summed E-state index contributed by atoms with van der Waals surface area (Å²) in [4.78, 5) is 0.488. The number of hydrogen-bond donors (Lipinski definition) is 1. The standard InChI is InChI=1S/C12H23NS.ClH/c1-11(2,3)10-4-6-12(7-5-10)13-8-9-14-12;/h10,13H,4-9H2,1-3H3;1H. The zero-order valence-corrected chi connectivity index (χ0v) is 11.8. The highest BCUT2D eigenvalue weighted by atomic mass is 35.5. The highest BCUT2D eigenvalue weighted by Gasteiger charge is 2.40. The molecule has 90 valence electrons. The van der Waals surface area contributed by atoms with Crippen LogP contribution in [0.2, 0.25) is 0 Å². The molecule has 1 saturated carbocycles. The minimum atomic E-state index is 0. The minimum absolute atomic E-state index is 0. The fourth-order valence-corrected chi connectivity index (χ4v) is 4.17. The first kappa shape index (κ1) is 13.7. The van der Waals surface area contributed by atoms with Crippen LogP contribution in [0.3, 0.4) is 0 Å². The van der Waals surface area contributed by atoms with Gasteiger partial charge in [-0.2, -0.15) is 0 Å². The van der Waals surface area contributed by atoms with Crippen LogP contribution < -0.4 is 5.32 Å². The molecule has 0 bridgehead atoms. The number of nitrogens with one attached hydrogen (secondary N) is 1. The van der Waals surface area contributed by atoms with Crippen molar-refractivity contribution >= 4 is 24.2 Å². The molecule has 1 spiro atoms. The van der Waals surface area contributed by atoms with E-state index in [4.69, 9.17) is 0 Å². The molecule has 15 heavy (non-hydrogen) atoms. The minimum Gasteiger partial charge on any atom is -0.302 e. The van der Waals surface area contributed by atoms with Crippen LogP contribution in [-0.4, -0.2) is 17.2 Å². The molecule has 2 fully saturated rings. The molecule has 0 aromatic carbocycles. The highest BCUT2D eigenvalue weighted by Crippen LogP contribution is 2.46. The van der Waals surface area contributed by atoms with Crippen molar-refractivity contribution in [3.63, 3.8) is 0 Å². The summed E-state index contributed by atoms with van der Waals surface area (Å²) in [5, 5.41) is 3.71. The van der Waals surface area contributed by atoms with E-state index >= 15 is 0 Å². The second kappa shape index (κ2) is 4.85. The lowest BCUT2D eigenvalue weighted by Gasteiger charge is -2.41. The predicted molar refractivity (Wildman–Crippen MR) is 71.9 cm³/mol. The molecule has 1 heterocycles. The molecule has 2 aliphatic rings. The Morgan fingerprint density at radius 2 is 1.80 bits per heavy atom. The third-order valence-electron chi connectivity index (χ3n) is 3.95. The van der Waals surface area contributed by atoms with E-state index in [9.17, 15) is 0 Å². The van der Waals surface area contributed by atoms with Crippen LogP contribution in [0, 0.1) is 11.3 Å². The number of halogens is 1. The van der Waals surface area contributed by atoms with Crippen molar-refractivity contribution in [2.45, 2.75) is 51.3 Å². The molecule has 1 aliphatic heterocycles. The third kappa shape index (κ3) is 3.04. The van der Waals surface area contributed by atoms with Gasteiger partial charge in [-0.1, -0.05) is 20.8 Å². The van der Waals surface area contributed by atoms with E-state index in [1.807, 2.05) is 0 Å². The topological polar surface area (TPSA) is 12.0 Å². The van der Waals surface area contributed by atoms with Crippen molar-refractivity contribution < 1.29 is 0 Å². The van der Waals surface area contributed by atoms with Crippen molar-refractivity contribution in [3.05, 3.63) is 0 Å². The Labute approximate surface area is 105 Å². The van der Waals surface area contributed by atoms with E-state index in [0.717, 1.165) is 5.92 Å². The van der Waals surface area contributed by atoms with E-state index in [0.29, 0.717) is 10.3 Å². The molecule has 0 amide bonds. The Balaban J connectivity index is 0.00000112. The van der Waals surface area contributed by atoms with E-state index in [2.05, 4.69) is 37.8 Å². The molecule has 0 aromatic heterocycles. The maximum absolute atomic E-state index is 3.71. The van der Waals surface area contributed by atoms with Gasteiger partial charge in [0, 0.05) is 12.3 Å². The van der Waals surface area contributed by atoms with Crippen LogP contribution in [0.25, 0.3) is 0 Å². The van der Waals surface area contributed by atoms with Crippen molar-refractivity contribution in [2.75, 3.05) is 12.3 Å². The van der Waals surface area contributed by atoms with Crippen molar-refractivity contribution in [3.8, 4) is 0 Å². The van der Waals surface area contributed by atoms with E-state index < -0.39 is 0 Å². The maximum Gasteiger partial charge on any atom is 0.0646 e. The first-order chi connectivity index (χ1) is 6.52. The van der Waals surface area contributed by atoms with Gasteiger partial charge in [-0.15, -0.1) is 24.2 Å². The molecule has 0 aromatic rings. The number of rotatable bonds is 0. The monoisotopic (exact) mass is 249 g/mol. The summed E-state index contributed by atoms with van der Waals surface area (Å²) >= 11 is 2.17. The SMILES string of the molecule is CC(C)(C)C1CCC2(CC1)NCCS2.Cl. The molecule has 0 unspecified atom stereocenters. The molecule has 1 saturated heterocycles. The summed E-state index contributed by atoms with van der Waals surface area (Å²) in [7, 11) is 0. The first-order valence-corrected chi connectivity index (χ1v) is 6.89. The second-order valence-corrected chi connectivity index (χ2v) is 7.39. The van der Waals surface area contributed by atoms with Gasteiger partial charge in [0.25, 0.3) is 0 Å². The summed E-state index contributed by atoms with van der Waals surface area (Å²) in [6, 6.07) is 0. The normalized spacial score (nSPS) is 36.6. The summed E-state index contributed by atoms with van der Waals surface area (Å²) in [5.74, 6) is 2.26. The average molecular weight is 250 g/mol. The molecule has 1 aliphatic carbocycles. The molecule has 3 heteroatoms. The van der Waals surface area contributed by atoms with Gasteiger partial charge in [0.15, 0.2) is 0 Å². The summed E-state index contributed by atoms with van der Waals surface area (Å²) in [6.45, 7) is 8.41. The molecular weight excluding hydrogens is 226 g/mol. The van der Waals surface area contributed by atoms with Crippen LogP contribution >= 0.6 is 24.2 Å². The Morgan fingerprint density at radius 3 is 2.20 bits per heavy atom. The Kier molecular flexibility index (Phi) is 4.42. The van der Waals surface area contributed by atoms with E-state index in [1.54, 1.807) is 0 Å². The Hall–Kier alpha value is 0.600. The first-order valence-electron chi connectivity index (χ1n) is 5.91. The summed E-state index contributed by atoms with van der Waals surface area (Å²) in [6.07, 6.45) is 5.62. The van der Waals surface area contributed by atoms with Gasteiger partial charge in [-0.3, -0.25) is 0 Å². The van der Waals surface area contributed by atoms with Crippen LogP contribution in [-0.2, 0) is 0 Å². The fourth-order valence-electron chi connectivity index (χ4n) is 2.85. The van der Waals surface area contributed by atoms with Gasteiger partial charge in [0.2, 0.25) is 0 Å². The summed E-state index contributed by atoms with van der Waals surface area (Å²) in [5.41, 5.74) is 0.519. The second-order valence-electron chi connectivity index (χ2n) is 5.91. The van der Waals surface area contributed by atoms with E-state index in [-0.39, 0.29) is 12.4 Å². The van der Waals surface area contributed by atoms with Gasteiger partial charge in [-0.25, -0.2) is 0 Å². The van der Waals surface area contributed by atoms with E-state index in [1.165, 1.54) is 38.0 Å². The van der Waals surface area contributed by atoms with Crippen molar-refractivity contribution in [1.29, 1.82) is 0 Å². The van der Waals surface area contributed by atoms with Crippen LogP contribution in [0.5, 0.6) is 0 Å². The zero-order chi connectivity index (χ0) is 10.2. The molecule has 2 rings (SSSR count). The average Bonchev–Trinajstić information content (AvgIpc) is 2.53. The lowest BCUT2D eigenvalue weighted by molar-refractivity contribution is 0.154. The predicted octanol–water partition coefficient (Wildman–Crippen LogP) is 3.68. The Morgan fingerprint density at radius 1 is 1.20 bits per heavy atom. The molecule has 0 radical (unpaired) electrons. The molecule has 0 atom stereocenters.